The number of hydrogen-bond donors (Lipinski definition) is 3. The molecule has 2 aliphatic heterocycles. The van der Waals surface area contributed by atoms with Gasteiger partial charge < -0.3 is 20.9 Å². The molecule has 148 valence electrons. The molecule has 29 heavy (non-hydrogen) atoms. The maximum atomic E-state index is 13.2. The smallest absolute Gasteiger partial charge is 0.315 e. The van der Waals surface area contributed by atoms with Crippen molar-refractivity contribution in [2.75, 3.05) is 18.4 Å². The van der Waals surface area contributed by atoms with E-state index < -0.39 is 6.04 Å². The maximum Gasteiger partial charge on any atom is 0.315 e. The van der Waals surface area contributed by atoms with E-state index in [4.69, 9.17) is 0 Å². The van der Waals surface area contributed by atoms with Crippen molar-refractivity contribution in [2.24, 2.45) is 0 Å². The van der Waals surface area contributed by atoms with Gasteiger partial charge in [-0.1, -0.05) is 42.5 Å². The number of urea groups is 1. The van der Waals surface area contributed by atoms with Crippen molar-refractivity contribution in [1.29, 1.82) is 0 Å². The molecule has 2 aromatic carbocycles. The second-order valence-corrected chi connectivity index (χ2v) is 7.16. The fourth-order valence-electron chi connectivity index (χ4n) is 3.83. The summed E-state index contributed by atoms with van der Waals surface area (Å²) in [6.45, 7) is 4.19. The molecular formula is C22H22N4O3. The standard InChI is InChI=1S/C22H22N4O3/c1-2-10-23-22(29)24-16-12-19-20(27)25-18-9-8-15(14-6-4-3-5-7-14)11-17(18)21(28)26(19)13-16/h2-9,11,16,19H,1,10,12-13H2,(H,25,27)(H2,23,24,29)/t16-,19-/m0/s1. The van der Waals surface area contributed by atoms with Gasteiger partial charge in [-0.25, -0.2) is 4.79 Å². The van der Waals surface area contributed by atoms with E-state index in [0.717, 1.165) is 11.1 Å². The van der Waals surface area contributed by atoms with Crippen LogP contribution in [0.15, 0.2) is 61.2 Å². The molecule has 2 aromatic rings. The number of hydrogen-bond acceptors (Lipinski definition) is 3. The summed E-state index contributed by atoms with van der Waals surface area (Å²) in [6.07, 6.45) is 1.96. The van der Waals surface area contributed by atoms with Gasteiger partial charge in [0, 0.05) is 13.1 Å². The second kappa shape index (κ2) is 7.79. The monoisotopic (exact) mass is 390 g/mol. The zero-order chi connectivity index (χ0) is 20.4. The number of anilines is 1. The Bertz CT molecular complexity index is 973. The summed E-state index contributed by atoms with van der Waals surface area (Å²) in [6, 6.07) is 14.0. The SMILES string of the molecule is C=CCNC(=O)N[C@H]1C[C@H]2C(=O)Nc3ccc(-c4ccccc4)cc3C(=O)N2C1. The minimum absolute atomic E-state index is 0.211. The average molecular weight is 390 g/mol. The largest absolute Gasteiger partial charge is 0.335 e. The van der Waals surface area contributed by atoms with Crippen molar-refractivity contribution in [3.05, 3.63) is 66.7 Å². The average Bonchev–Trinajstić information content (AvgIpc) is 3.13. The molecule has 7 nitrogen and oxygen atoms in total. The topological polar surface area (TPSA) is 90.5 Å². The van der Waals surface area contributed by atoms with Gasteiger partial charge in [0.25, 0.3) is 5.91 Å². The number of nitrogens with zero attached hydrogens (tertiary/aromatic N) is 1. The predicted octanol–water partition coefficient (Wildman–Crippen LogP) is 2.37. The normalized spacial score (nSPS) is 20.2. The van der Waals surface area contributed by atoms with Crippen LogP contribution < -0.4 is 16.0 Å². The summed E-state index contributed by atoms with van der Waals surface area (Å²) >= 11 is 0. The first kappa shape index (κ1) is 18.7. The van der Waals surface area contributed by atoms with Crippen LogP contribution in [0, 0.1) is 0 Å². The summed E-state index contributed by atoms with van der Waals surface area (Å²) < 4.78 is 0. The first-order valence-electron chi connectivity index (χ1n) is 9.53. The van der Waals surface area contributed by atoms with Crippen molar-refractivity contribution in [1.82, 2.24) is 15.5 Å². The minimum atomic E-state index is -0.611. The zero-order valence-corrected chi connectivity index (χ0v) is 15.9. The number of nitrogens with one attached hydrogen (secondary N) is 3. The highest BCUT2D eigenvalue weighted by Gasteiger charge is 2.43. The van der Waals surface area contributed by atoms with Crippen molar-refractivity contribution in [2.45, 2.75) is 18.5 Å². The van der Waals surface area contributed by atoms with E-state index in [2.05, 4.69) is 22.5 Å². The molecule has 1 saturated heterocycles. The Morgan fingerprint density at radius 1 is 1.17 bits per heavy atom. The molecule has 3 N–H and O–H groups in total. The van der Waals surface area contributed by atoms with Gasteiger partial charge in [-0.15, -0.1) is 6.58 Å². The van der Waals surface area contributed by atoms with Crippen LogP contribution in [0.4, 0.5) is 10.5 Å². The summed E-state index contributed by atoms with van der Waals surface area (Å²) in [5.74, 6) is -0.447. The predicted molar refractivity (Wildman–Crippen MR) is 110 cm³/mol. The molecule has 2 aliphatic rings. The molecule has 4 rings (SSSR count). The van der Waals surface area contributed by atoms with Crippen LogP contribution in [0.3, 0.4) is 0 Å². The van der Waals surface area contributed by atoms with E-state index in [1.165, 1.54) is 0 Å². The van der Waals surface area contributed by atoms with E-state index >= 15 is 0 Å². The van der Waals surface area contributed by atoms with Crippen molar-refractivity contribution in [3.63, 3.8) is 0 Å². The molecule has 1 fully saturated rings. The Morgan fingerprint density at radius 2 is 1.97 bits per heavy atom. The number of rotatable bonds is 4. The third-order valence-electron chi connectivity index (χ3n) is 5.22. The lowest BCUT2D eigenvalue weighted by Gasteiger charge is -2.20. The molecule has 0 radical (unpaired) electrons. The van der Waals surface area contributed by atoms with E-state index in [1.54, 1.807) is 17.0 Å². The second-order valence-electron chi connectivity index (χ2n) is 7.16. The van der Waals surface area contributed by atoms with E-state index in [0.29, 0.717) is 24.2 Å². The Kier molecular flexibility index (Phi) is 5.03. The van der Waals surface area contributed by atoms with Crippen LogP contribution in [0.25, 0.3) is 11.1 Å². The first-order valence-corrected chi connectivity index (χ1v) is 9.53. The molecule has 0 unspecified atom stereocenters. The van der Waals surface area contributed by atoms with Gasteiger partial charge in [0.1, 0.15) is 6.04 Å². The third-order valence-corrected chi connectivity index (χ3v) is 5.22. The van der Waals surface area contributed by atoms with Crippen LogP contribution >= 0.6 is 0 Å². The zero-order valence-electron chi connectivity index (χ0n) is 15.9. The van der Waals surface area contributed by atoms with E-state index in [9.17, 15) is 14.4 Å². The van der Waals surface area contributed by atoms with Crippen LogP contribution in [0.2, 0.25) is 0 Å². The lowest BCUT2D eigenvalue weighted by atomic mass is 10.0. The molecule has 7 heteroatoms. The fraction of sp³-hybridized carbons (Fsp3) is 0.227. The number of fused-ring (bicyclic) bond motifs is 2. The maximum absolute atomic E-state index is 13.2. The highest BCUT2D eigenvalue weighted by molar-refractivity contribution is 6.10. The van der Waals surface area contributed by atoms with Gasteiger partial charge in [0.15, 0.2) is 0 Å². The summed E-state index contributed by atoms with van der Waals surface area (Å²) in [5, 5.41) is 8.33. The van der Waals surface area contributed by atoms with Crippen molar-refractivity contribution >= 4 is 23.5 Å². The lowest BCUT2D eigenvalue weighted by molar-refractivity contribution is -0.119. The van der Waals surface area contributed by atoms with E-state index in [1.807, 2.05) is 42.5 Å². The van der Waals surface area contributed by atoms with Crippen LogP contribution in [-0.4, -0.2) is 47.9 Å². The van der Waals surface area contributed by atoms with Crippen LogP contribution in [0.5, 0.6) is 0 Å². The highest BCUT2D eigenvalue weighted by Crippen LogP contribution is 2.32. The van der Waals surface area contributed by atoms with Gasteiger partial charge in [-0.2, -0.15) is 0 Å². The van der Waals surface area contributed by atoms with Crippen molar-refractivity contribution < 1.29 is 14.4 Å². The Morgan fingerprint density at radius 3 is 2.72 bits per heavy atom. The van der Waals surface area contributed by atoms with Gasteiger partial charge in [-0.05, 0) is 29.7 Å². The molecule has 2 atom stereocenters. The van der Waals surface area contributed by atoms with Gasteiger partial charge in [-0.3, -0.25) is 9.59 Å². The fourth-order valence-corrected chi connectivity index (χ4v) is 3.83. The van der Waals surface area contributed by atoms with Crippen LogP contribution in [0.1, 0.15) is 16.8 Å². The lowest BCUT2D eigenvalue weighted by Crippen LogP contribution is -2.44. The van der Waals surface area contributed by atoms with Gasteiger partial charge in [0.2, 0.25) is 5.91 Å². The van der Waals surface area contributed by atoms with E-state index in [-0.39, 0.29) is 30.4 Å². The molecule has 0 aromatic heterocycles. The molecule has 4 amide bonds. The number of carbonyl (C=O) groups is 3. The van der Waals surface area contributed by atoms with Crippen molar-refractivity contribution in [3.8, 4) is 11.1 Å². The summed E-state index contributed by atoms with van der Waals surface area (Å²) in [5.41, 5.74) is 2.87. The molecule has 0 bridgehead atoms. The first-order chi connectivity index (χ1) is 14.1. The Labute approximate surface area is 168 Å². The molecule has 0 saturated carbocycles. The summed E-state index contributed by atoms with van der Waals surface area (Å²) in [4.78, 5) is 39.4. The Balaban J connectivity index is 1.58. The molecule has 2 heterocycles. The highest BCUT2D eigenvalue weighted by atomic mass is 16.2. The minimum Gasteiger partial charge on any atom is -0.335 e. The van der Waals surface area contributed by atoms with Gasteiger partial charge in [0.05, 0.1) is 17.3 Å². The Hall–Kier alpha value is -3.61. The molecular weight excluding hydrogens is 368 g/mol. The quantitative estimate of drug-likeness (QED) is 0.700. The number of benzene rings is 2. The number of amides is 4. The van der Waals surface area contributed by atoms with Gasteiger partial charge >= 0.3 is 6.03 Å². The van der Waals surface area contributed by atoms with Crippen LogP contribution in [-0.2, 0) is 4.79 Å². The molecule has 0 spiro atoms. The third kappa shape index (κ3) is 3.71. The summed E-state index contributed by atoms with van der Waals surface area (Å²) in [7, 11) is 0. The molecule has 0 aliphatic carbocycles. The number of carbonyl (C=O) groups excluding carboxylic acids is 3.